The summed E-state index contributed by atoms with van der Waals surface area (Å²) in [6.07, 6.45) is 0. The maximum Gasteiger partial charge on any atom is 0.127 e. The van der Waals surface area contributed by atoms with Gasteiger partial charge in [-0.2, -0.15) is 0 Å². The van der Waals surface area contributed by atoms with Crippen LogP contribution in [0.1, 0.15) is 5.82 Å². The second-order valence-corrected chi connectivity index (χ2v) is 4.32. The number of hydrogen-bond acceptors (Lipinski definition) is 2. The van der Waals surface area contributed by atoms with Gasteiger partial charge in [-0.3, -0.25) is 0 Å². The van der Waals surface area contributed by atoms with Crippen molar-refractivity contribution in [2.45, 2.75) is 6.92 Å². The van der Waals surface area contributed by atoms with E-state index < -0.39 is 0 Å². The molecular weight excluding hydrogens is 275 g/mol. The van der Waals surface area contributed by atoms with E-state index in [1.165, 1.54) is 0 Å². The summed E-state index contributed by atoms with van der Waals surface area (Å²) in [5, 5.41) is 0.697. The first-order valence-electron chi connectivity index (χ1n) is 4.43. The molecule has 0 N–H and O–H groups in total. The highest BCUT2D eigenvalue weighted by atomic mass is 79.9. The highest BCUT2D eigenvalue weighted by Gasteiger charge is 2.05. The van der Waals surface area contributed by atoms with Crippen LogP contribution in [-0.2, 0) is 0 Å². The molecule has 0 aliphatic carbocycles. The summed E-state index contributed by atoms with van der Waals surface area (Å²) < 4.78 is 0.768. The molecule has 0 aliphatic heterocycles. The van der Waals surface area contributed by atoms with Crippen molar-refractivity contribution >= 4 is 27.5 Å². The van der Waals surface area contributed by atoms with E-state index >= 15 is 0 Å². The largest absolute Gasteiger partial charge is 0.233 e. The van der Waals surface area contributed by atoms with E-state index in [0.29, 0.717) is 5.02 Å². The summed E-state index contributed by atoms with van der Waals surface area (Å²) in [7, 11) is 0. The molecule has 15 heavy (non-hydrogen) atoms. The Bertz CT molecular complexity index is 479. The van der Waals surface area contributed by atoms with Crippen LogP contribution in [0.15, 0.2) is 34.9 Å². The molecule has 0 radical (unpaired) electrons. The van der Waals surface area contributed by atoms with Gasteiger partial charge in [-0.1, -0.05) is 29.8 Å². The van der Waals surface area contributed by atoms with Gasteiger partial charge in [0.2, 0.25) is 0 Å². The summed E-state index contributed by atoms with van der Waals surface area (Å²) >= 11 is 9.43. The molecule has 4 heteroatoms. The fourth-order valence-corrected chi connectivity index (χ4v) is 2.04. The number of hydrogen-bond donors (Lipinski definition) is 0. The number of halogens is 2. The van der Waals surface area contributed by atoms with Crippen LogP contribution >= 0.6 is 27.5 Å². The molecule has 2 nitrogen and oxygen atoms in total. The lowest BCUT2D eigenvalue weighted by Gasteiger charge is -2.04. The third-order valence-corrected chi connectivity index (χ3v) is 2.69. The Kier molecular flexibility index (Phi) is 3.03. The average Bonchev–Trinajstić information content (AvgIpc) is 2.16. The van der Waals surface area contributed by atoms with Gasteiger partial charge in [-0.05, 0) is 35.0 Å². The minimum atomic E-state index is 0.697. The Morgan fingerprint density at radius 1 is 1.20 bits per heavy atom. The molecule has 0 spiro atoms. The van der Waals surface area contributed by atoms with E-state index in [4.69, 9.17) is 11.6 Å². The number of aryl methyl sites for hydroxylation is 1. The standard InChI is InChI=1S/C11H8BrClN2/c1-7-14-10(6-11(12)15-7)8-4-2-3-5-9(8)13/h2-6H,1H3. The molecule has 0 amide bonds. The van der Waals surface area contributed by atoms with Crippen molar-refractivity contribution in [3.63, 3.8) is 0 Å². The summed E-state index contributed by atoms with van der Waals surface area (Å²) in [6, 6.07) is 9.48. The van der Waals surface area contributed by atoms with Crippen molar-refractivity contribution < 1.29 is 0 Å². The van der Waals surface area contributed by atoms with E-state index in [9.17, 15) is 0 Å². The Balaban J connectivity index is 2.59. The van der Waals surface area contributed by atoms with E-state index in [1.54, 1.807) is 0 Å². The Labute approximate surface area is 101 Å². The van der Waals surface area contributed by atoms with Crippen molar-refractivity contribution in [3.8, 4) is 11.3 Å². The van der Waals surface area contributed by atoms with Crippen LogP contribution in [0.25, 0.3) is 11.3 Å². The van der Waals surface area contributed by atoms with Gasteiger partial charge in [0.1, 0.15) is 10.4 Å². The number of rotatable bonds is 1. The molecule has 0 unspecified atom stereocenters. The third kappa shape index (κ3) is 2.36. The number of aromatic nitrogens is 2. The van der Waals surface area contributed by atoms with Crippen molar-refractivity contribution in [2.75, 3.05) is 0 Å². The fraction of sp³-hybridized carbons (Fsp3) is 0.0909. The smallest absolute Gasteiger partial charge is 0.127 e. The van der Waals surface area contributed by atoms with Crippen molar-refractivity contribution in [1.82, 2.24) is 9.97 Å². The first-order chi connectivity index (χ1) is 7.16. The number of nitrogens with zero attached hydrogens (tertiary/aromatic N) is 2. The lowest BCUT2D eigenvalue weighted by Crippen LogP contribution is -1.92. The lowest BCUT2D eigenvalue weighted by atomic mass is 10.1. The van der Waals surface area contributed by atoms with Crippen LogP contribution in [0.4, 0.5) is 0 Å². The van der Waals surface area contributed by atoms with E-state index in [0.717, 1.165) is 21.7 Å². The van der Waals surface area contributed by atoms with E-state index in [2.05, 4.69) is 25.9 Å². The summed E-state index contributed by atoms with van der Waals surface area (Å²) in [4.78, 5) is 8.49. The summed E-state index contributed by atoms with van der Waals surface area (Å²) in [6.45, 7) is 1.85. The van der Waals surface area contributed by atoms with Gasteiger partial charge in [-0.25, -0.2) is 9.97 Å². The SMILES string of the molecule is Cc1nc(Br)cc(-c2ccccc2Cl)n1. The highest BCUT2D eigenvalue weighted by Crippen LogP contribution is 2.27. The van der Waals surface area contributed by atoms with Crippen LogP contribution in [-0.4, -0.2) is 9.97 Å². The zero-order chi connectivity index (χ0) is 10.8. The molecule has 0 saturated heterocycles. The quantitative estimate of drug-likeness (QED) is 0.743. The molecular formula is C11H8BrClN2. The Morgan fingerprint density at radius 3 is 2.60 bits per heavy atom. The highest BCUT2D eigenvalue weighted by molar-refractivity contribution is 9.10. The molecule has 0 aliphatic rings. The molecule has 2 aromatic rings. The first kappa shape index (κ1) is 10.6. The Morgan fingerprint density at radius 2 is 1.93 bits per heavy atom. The van der Waals surface area contributed by atoms with Crippen molar-refractivity contribution in [3.05, 3.63) is 45.8 Å². The molecule has 1 heterocycles. The zero-order valence-corrected chi connectivity index (χ0v) is 10.4. The topological polar surface area (TPSA) is 25.8 Å². The second-order valence-electron chi connectivity index (χ2n) is 3.10. The van der Waals surface area contributed by atoms with Gasteiger partial charge in [-0.15, -0.1) is 0 Å². The minimum absolute atomic E-state index is 0.697. The molecule has 1 aromatic heterocycles. The predicted octanol–water partition coefficient (Wildman–Crippen LogP) is 3.87. The number of benzene rings is 1. The average molecular weight is 284 g/mol. The predicted molar refractivity (Wildman–Crippen MR) is 64.9 cm³/mol. The molecule has 0 fully saturated rings. The molecule has 0 saturated carbocycles. The van der Waals surface area contributed by atoms with E-state index in [-0.39, 0.29) is 0 Å². The molecule has 76 valence electrons. The van der Waals surface area contributed by atoms with Crippen LogP contribution in [0.5, 0.6) is 0 Å². The minimum Gasteiger partial charge on any atom is -0.233 e. The monoisotopic (exact) mass is 282 g/mol. The fourth-order valence-electron chi connectivity index (χ4n) is 1.34. The van der Waals surface area contributed by atoms with Crippen LogP contribution in [0.3, 0.4) is 0 Å². The van der Waals surface area contributed by atoms with Crippen molar-refractivity contribution in [1.29, 1.82) is 0 Å². The van der Waals surface area contributed by atoms with Crippen molar-refractivity contribution in [2.24, 2.45) is 0 Å². The molecule has 1 aromatic carbocycles. The van der Waals surface area contributed by atoms with Crippen LogP contribution in [0, 0.1) is 6.92 Å². The first-order valence-corrected chi connectivity index (χ1v) is 5.60. The van der Waals surface area contributed by atoms with Crippen LogP contribution in [0.2, 0.25) is 5.02 Å². The van der Waals surface area contributed by atoms with E-state index in [1.807, 2.05) is 37.3 Å². The summed E-state index contributed by atoms with van der Waals surface area (Å²) in [5.74, 6) is 0.722. The van der Waals surface area contributed by atoms with Gasteiger partial charge in [0.05, 0.1) is 5.69 Å². The van der Waals surface area contributed by atoms with Crippen LogP contribution < -0.4 is 0 Å². The maximum atomic E-state index is 6.09. The molecule has 2 rings (SSSR count). The van der Waals surface area contributed by atoms with Gasteiger partial charge in [0.25, 0.3) is 0 Å². The Hall–Kier alpha value is -0.930. The second kappa shape index (κ2) is 4.29. The summed E-state index contributed by atoms with van der Waals surface area (Å²) in [5.41, 5.74) is 1.75. The maximum absolute atomic E-state index is 6.09. The van der Waals surface area contributed by atoms with Gasteiger partial charge < -0.3 is 0 Å². The lowest BCUT2D eigenvalue weighted by molar-refractivity contribution is 1.04. The van der Waals surface area contributed by atoms with Gasteiger partial charge >= 0.3 is 0 Å². The molecule has 0 atom stereocenters. The third-order valence-electron chi connectivity index (χ3n) is 1.96. The zero-order valence-electron chi connectivity index (χ0n) is 8.04. The molecule has 0 bridgehead atoms. The normalized spacial score (nSPS) is 10.3. The van der Waals surface area contributed by atoms with Gasteiger partial charge in [0, 0.05) is 10.6 Å². The van der Waals surface area contributed by atoms with Gasteiger partial charge in [0.15, 0.2) is 0 Å².